The van der Waals surface area contributed by atoms with E-state index >= 15 is 0 Å². The Morgan fingerprint density at radius 1 is 1.33 bits per heavy atom. The number of hydrogen-bond donors (Lipinski definition) is 0. The first-order valence-corrected chi connectivity index (χ1v) is 4.60. The van der Waals surface area contributed by atoms with Crippen LogP contribution in [0.3, 0.4) is 0 Å². The molecular formula is C11H10N4. The molecule has 0 radical (unpaired) electrons. The molecule has 2 rings (SSSR count). The Labute approximate surface area is 87.8 Å². The maximum absolute atomic E-state index is 8.81. The van der Waals surface area contributed by atoms with Crippen LogP contribution >= 0.6 is 0 Å². The highest BCUT2D eigenvalue weighted by Crippen LogP contribution is 2.14. The first kappa shape index (κ1) is 9.41. The van der Waals surface area contributed by atoms with E-state index in [1.54, 1.807) is 17.1 Å². The van der Waals surface area contributed by atoms with E-state index in [1.807, 2.05) is 26.0 Å². The molecule has 0 bridgehead atoms. The van der Waals surface area contributed by atoms with Crippen LogP contribution in [0.2, 0.25) is 0 Å². The Morgan fingerprint density at radius 2 is 2.13 bits per heavy atom. The van der Waals surface area contributed by atoms with Crippen LogP contribution in [0, 0.1) is 25.2 Å². The van der Waals surface area contributed by atoms with Gasteiger partial charge in [-0.05, 0) is 31.5 Å². The highest BCUT2D eigenvalue weighted by atomic mass is 15.3. The van der Waals surface area contributed by atoms with Gasteiger partial charge in [0.25, 0.3) is 0 Å². The highest BCUT2D eigenvalue weighted by Gasteiger charge is 2.04. The smallest absolute Gasteiger partial charge is 0.147 e. The van der Waals surface area contributed by atoms with Crippen molar-refractivity contribution in [1.82, 2.24) is 14.8 Å². The summed E-state index contributed by atoms with van der Waals surface area (Å²) in [5.74, 6) is 0.719. The van der Waals surface area contributed by atoms with Gasteiger partial charge in [-0.15, -0.1) is 0 Å². The Hall–Kier alpha value is -2.15. The summed E-state index contributed by atoms with van der Waals surface area (Å²) < 4.78 is 1.69. The second-order valence-corrected chi connectivity index (χ2v) is 3.35. The van der Waals surface area contributed by atoms with Gasteiger partial charge < -0.3 is 0 Å². The molecule has 2 aromatic rings. The van der Waals surface area contributed by atoms with Crippen molar-refractivity contribution in [2.45, 2.75) is 13.8 Å². The zero-order valence-corrected chi connectivity index (χ0v) is 8.60. The SMILES string of the molecule is Cc1ncn(-c2cc(C#N)ccc2C)n1. The second kappa shape index (κ2) is 3.54. The third kappa shape index (κ3) is 1.72. The van der Waals surface area contributed by atoms with Gasteiger partial charge in [-0.2, -0.15) is 10.4 Å². The highest BCUT2D eigenvalue weighted by molar-refractivity contribution is 5.46. The molecule has 0 saturated heterocycles. The van der Waals surface area contributed by atoms with Crippen molar-refractivity contribution in [3.63, 3.8) is 0 Å². The van der Waals surface area contributed by atoms with Crippen LogP contribution in [0.4, 0.5) is 0 Å². The van der Waals surface area contributed by atoms with E-state index in [4.69, 9.17) is 5.26 Å². The number of rotatable bonds is 1. The Bertz CT molecular complexity index is 534. The van der Waals surface area contributed by atoms with Crippen molar-refractivity contribution in [3.8, 4) is 11.8 Å². The number of aryl methyl sites for hydroxylation is 2. The number of aromatic nitrogens is 3. The number of nitriles is 1. The molecule has 0 fully saturated rings. The van der Waals surface area contributed by atoms with Crippen LogP contribution in [0.5, 0.6) is 0 Å². The van der Waals surface area contributed by atoms with E-state index in [2.05, 4.69) is 16.2 Å². The molecule has 4 heteroatoms. The van der Waals surface area contributed by atoms with Crippen molar-refractivity contribution in [2.75, 3.05) is 0 Å². The molecule has 0 aliphatic carbocycles. The Kier molecular flexibility index (Phi) is 2.22. The summed E-state index contributed by atoms with van der Waals surface area (Å²) >= 11 is 0. The lowest BCUT2D eigenvalue weighted by Crippen LogP contribution is -1.98. The zero-order valence-electron chi connectivity index (χ0n) is 8.60. The molecule has 0 saturated carbocycles. The maximum Gasteiger partial charge on any atom is 0.147 e. The molecular weight excluding hydrogens is 188 g/mol. The van der Waals surface area contributed by atoms with Crippen LogP contribution < -0.4 is 0 Å². The predicted molar refractivity (Wildman–Crippen MR) is 55.5 cm³/mol. The lowest BCUT2D eigenvalue weighted by molar-refractivity contribution is 0.855. The first-order valence-electron chi connectivity index (χ1n) is 4.60. The van der Waals surface area contributed by atoms with Gasteiger partial charge in [0.2, 0.25) is 0 Å². The topological polar surface area (TPSA) is 54.5 Å². The lowest BCUT2D eigenvalue weighted by Gasteiger charge is -2.04. The molecule has 1 aromatic heterocycles. The van der Waals surface area contributed by atoms with Crippen molar-refractivity contribution in [1.29, 1.82) is 5.26 Å². The molecule has 74 valence electrons. The van der Waals surface area contributed by atoms with Crippen LogP contribution in [-0.4, -0.2) is 14.8 Å². The van der Waals surface area contributed by atoms with E-state index in [0.717, 1.165) is 17.1 Å². The number of hydrogen-bond acceptors (Lipinski definition) is 3. The largest absolute Gasteiger partial charge is 0.220 e. The van der Waals surface area contributed by atoms with Gasteiger partial charge in [-0.1, -0.05) is 6.07 Å². The standard InChI is InChI=1S/C11H10N4/c1-8-3-4-10(6-12)5-11(8)15-7-13-9(2)14-15/h3-5,7H,1-2H3. The minimum atomic E-state index is 0.628. The van der Waals surface area contributed by atoms with E-state index in [0.29, 0.717) is 5.56 Å². The number of benzene rings is 1. The van der Waals surface area contributed by atoms with Gasteiger partial charge in [0, 0.05) is 0 Å². The molecule has 0 atom stereocenters. The van der Waals surface area contributed by atoms with Crippen LogP contribution in [0.15, 0.2) is 24.5 Å². The Morgan fingerprint density at radius 3 is 2.73 bits per heavy atom. The quantitative estimate of drug-likeness (QED) is 0.701. The van der Waals surface area contributed by atoms with Crippen LogP contribution in [-0.2, 0) is 0 Å². The van der Waals surface area contributed by atoms with Gasteiger partial charge in [0.1, 0.15) is 12.2 Å². The lowest BCUT2D eigenvalue weighted by atomic mass is 10.1. The van der Waals surface area contributed by atoms with Gasteiger partial charge in [-0.25, -0.2) is 9.67 Å². The Balaban J connectivity index is 2.57. The minimum Gasteiger partial charge on any atom is -0.220 e. The summed E-state index contributed by atoms with van der Waals surface area (Å²) in [5, 5.41) is 13.0. The molecule has 0 aliphatic rings. The normalized spacial score (nSPS) is 9.93. The summed E-state index contributed by atoms with van der Waals surface area (Å²) in [7, 11) is 0. The van der Waals surface area contributed by atoms with Crippen LogP contribution in [0.1, 0.15) is 17.0 Å². The van der Waals surface area contributed by atoms with E-state index in [9.17, 15) is 0 Å². The van der Waals surface area contributed by atoms with Crippen molar-refractivity contribution in [3.05, 3.63) is 41.5 Å². The first-order chi connectivity index (χ1) is 7.20. The van der Waals surface area contributed by atoms with E-state index in [1.165, 1.54) is 0 Å². The van der Waals surface area contributed by atoms with Gasteiger partial charge in [0.15, 0.2) is 0 Å². The monoisotopic (exact) mass is 198 g/mol. The average Bonchev–Trinajstić information content (AvgIpc) is 2.65. The molecule has 4 nitrogen and oxygen atoms in total. The maximum atomic E-state index is 8.81. The summed E-state index contributed by atoms with van der Waals surface area (Å²) in [6.07, 6.45) is 1.65. The average molecular weight is 198 g/mol. The predicted octanol–water partition coefficient (Wildman–Crippen LogP) is 1.76. The van der Waals surface area contributed by atoms with E-state index < -0.39 is 0 Å². The molecule has 15 heavy (non-hydrogen) atoms. The minimum absolute atomic E-state index is 0.628. The summed E-state index contributed by atoms with van der Waals surface area (Å²) in [4.78, 5) is 4.06. The fourth-order valence-electron chi connectivity index (χ4n) is 1.39. The third-order valence-corrected chi connectivity index (χ3v) is 2.19. The summed E-state index contributed by atoms with van der Waals surface area (Å²) in [6, 6.07) is 7.62. The van der Waals surface area contributed by atoms with E-state index in [-0.39, 0.29) is 0 Å². The van der Waals surface area contributed by atoms with Crippen molar-refractivity contribution >= 4 is 0 Å². The molecule has 0 N–H and O–H groups in total. The molecule has 0 unspecified atom stereocenters. The molecule has 1 aromatic carbocycles. The zero-order chi connectivity index (χ0) is 10.8. The fraction of sp³-hybridized carbons (Fsp3) is 0.182. The van der Waals surface area contributed by atoms with Gasteiger partial charge >= 0.3 is 0 Å². The fourth-order valence-corrected chi connectivity index (χ4v) is 1.39. The summed E-state index contributed by atoms with van der Waals surface area (Å²) in [5.41, 5.74) is 2.59. The molecule has 0 spiro atoms. The second-order valence-electron chi connectivity index (χ2n) is 3.35. The van der Waals surface area contributed by atoms with Crippen LogP contribution in [0.25, 0.3) is 5.69 Å². The number of nitrogens with zero attached hydrogens (tertiary/aromatic N) is 4. The third-order valence-electron chi connectivity index (χ3n) is 2.19. The molecule has 1 heterocycles. The van der Waals surface area contributed by atoms with Crippen molar-refractivity contribution < 1.29 is 0 Å². The van der Waals surface area contributed by atoms with Crippen molar-refractivity contribution in [2.24, 2.45) is 0 Å². The van der Waals surface area contributed by atoms with Gasteiger partial charge in [0.05, 0.1) is 17.3 Å². The molecule has 0 aliphatic heterocycles. The van der Waals surface area contributed by atoms with Gasteiger partial charge in [-0.3, -0.25) is 0 Å². The molecule has 0 amide bonds. The summed E-state index contributed by atoms with van der Waals surface area (Å²) in [6.45, 7) is 3.81.